The lowest BCUT2D eigenvalue weighted by Gasteiger charge is -2.28. The minimum absolute atomic E-state index is 0.953. The first-order chi connectivity index (χ1) is 4.18. The van der Waals surface area contributed by atoms with Crippen LogP contribution in [0.2, 0.25) is 0 Å². The second-order valence-corrected chi connectivity index (χ2v) is 3.81. The maximum atomic E-state index is 2.36. The van der Waals surface area contributed by atoms with Crippen molar-refractivity contribution >= 4 is 0 Å². The number of piperidine rings is 1. The third-order valence-electron chi connectivity index (χ3n) is 2.20. The molecule has 1 aliphatic heterocycles. The van der Waals surface area contributed by atoms with E-state index in [9.17, 15) is 0 Å². The molecule has 0 spiro atoms. The van der Waals surface area contributed by atoms with Gasteiger partial charge in [-0.25, -0.2) is 0 Å². The average Bonchev–Trinajstić information content (AvgIpc) is 1.59. The maximum absolute atomic E-state index is 2.36. The molecule has 1 aliphatic rings. The third kappa shape index (κ3) is 1.98. The van der Waals surface area contributed by atoms with Crippen molar-refractivity contribution in [2.45, 2.75) is 20.3 Å². The topological polar surface area (TPSA) is 4.44 Å². The van der Waals surface area contributed by atoms with Crippen molar-refractivity contribution in [2.24, 2.45) is 11.8 Å². The van der Waals surface area contributed by atoms with Gasteiger partial charge in [0, 0.05) is 11.8 Å². The van der Waals surface area contributed by atoms with Gasteiger partial charge < -0.3 is 4.90 Å². The summed E-state index contributed by atoms with van der Waals surface area (Å²) in [6.07, 6.45) is 1.44. The summed E-state index contributed by atoms with van der Waals surface area (Å²) in [5.41, 5.74) is 0. The van der Waals surface area contributed by atoms with Gasteiger partial charge in [-0.3, -0.25) is 0 Å². The zero-order valence-corrected chi connectivity index (χ0v) is 6.78. The minimum atomic E-state index is 0.953. The molecule has 1 N–H and O–H groups in total. The van der Waals surface area contributed by atoms with Crippen LogP contribution in [0.25, 0.3) is 0 Å². The first-order valence-corrected chi connectivity index (χ1v) is 3.99. The summed E-state index contributed by atoms with van der Waals surface area (Å²) in [6, 6.07) is 0. The molecule has 54 valence electrons. The van der Waals surface area contributed by atoms with Crippen molar-refractivity contribution in [3.05, 3.63) is 0 Å². The van der Waals surface area contributed by atoms with Crippen molar-refractivity contribution in [2.75, 3.05) is 20.1 Å². The van der Waals surface area contributed by atoms with Gasteiger partial charge in [-0.2, -0.15) is 0 Å². The van der Waals surface area contributed by atoms with Crippen LogP contribution in [0.15, 0.2) is 0 Å². The number of hydrogen-bond acceptors (Lipinski definition) is 0. The van der Waals surface area contributed by atoms with Crippen LogP contribution < -0.4 is 4.90 Å². The van der Waals surface area contributed by atoms with Crippen LogP contribution in [0.5, 0.6) is 0 Å². The summed E-state index contributed by atoms with van der Waals surface area (Å²) in [5, 5.41) is 0. The standard InChI is InChI=1S/C8H17N/c1-7-4-8(2)6-9(3)5-7/h7-8H,4-6H2,1-3H3/p+1/t7-,8-/m1/s1. The van der Waals surface area contributed by atoms with E-state index in [2.05, 4.69) is 20.9 Å². The molecule has 1 rings (SSSR count). The van der Waals surface area contributed by atoms with Gasteiger partial charge in [0.05, 0.1) is 20.1 Å². The number of hydrogen-bond donors (Lipinski definition) is 1. The lowest BCUT2D eigenvalue weighted by atomic mass is 9.92. The van der Waals surface area contributed by atoms with Crippen molar-refractivity contribution in [3.63, 3.8) is 0 Å². The van der Waals surface area contributed by atoms with Crippen LogP contribution in [0.1, 0.15) is 20.3 Å². The van der Waals surface area contributed by atoms with E-state index in [1.807, 2.05) is 0 Å². The van der Waals surface area contributed by atoms with Gasteiger partial charge in [-0.15, -0.1) is 0 Å². The number of nitrogens with one attached hydrogen (secondary N) is 1. The van der Waals surface area contributed by atoms with Gasteiger partial charge in [0.2, 0.25) is 0 Å². The highest BCUT2D eigenvalue weighted by Crippen LogP contribution is 2.11. The van der Waals surface area contributed by atoms with Crippen LogP contribution in [-0.4, -0.2) is 20.1 Å². The van der Waals surface area contributed by atoms with Gasteiger partial charge >= 0.3 is 0 Å². The molecule has 0 aromatic rings. The molecule has 0 aliphatic carbocycles. The largest absolute Gasteiger partial charge is 0.337 e. The van der Waals surface area contributed by atoms with E-state index in [4.69, 9.17) is 0 Å². The molecule has 0 saturated carbocycles. The van der Waals surface area contributed by atoms with Crippen LogP contribution in [0.4, 0.5) is 0 Å². The Kier molecular flexibility index (Phi) is 2.12. The second kappa shape index (κ2) is 2.70. The quantitative estimate of drug-likeness (QED) is 0.474. The molecule has 1 nitrogen and oxygen atoms in total. The Morgan fingerprint density at radius 3 is 1.89 bits per heavy atom. The predicted molar refractivity (Wildman–Crippen MR) is 39.6 cm³/mol. The highest BCUT2D eigenvalue weighted by molar-refractivity contribution is 4.61. The van der Waals surface area contributed by atoms with Gasteiger partial charge in [0.1, 0.15) is 0 Å². The lowest BCUT2D eigenvalue weighted by molar-refractivity contribution is -0.892. The third-order valence-corrected chi connectivity index (χ3v) is 2.20. The van der Waals surface area contributed by atoms with Crippen molar-refractivity contribution in [3.8, 4) is 0 Å². The fourth-order valence-electron chi connectivity index (χ4n) is 2.13. The summed E-state index contributed by atoms with van der Waals surface area (Å²) in [6.45, 7) is 7.48. The monoisotopic (exact) mass is 128 g/mol. The minimum Gasteiger partial charge on any atom is -0.337 e. The summed E-state index contributed by atoms with van der Waals surface area (Å²) in [7, 11) is 2.30. The summed E-state index contributed by atoms with van der Waals surface area (Å²) in [4.78, 5) is 1.71. The molecule has 1 fully saturated rings. The molecule has 0 aromatic heterocycles. The van der Waals surface area contributed by atoms with Gasteiger partial charge in [0.25, 0.3) is 0 Å². The molecule has 1 saturated heterocycles. The number of rotatable bonds is 0. The van der Waals surface area contributed by atoms with Crippen molar-refractivity contribution in [1.29, 1.82) is 0 Å². The van der Waals surface area contributed by atoms with E-state index in [0.717, 1.165) is 11.8 Å². The molecule has 1 heteroatoms. The highest BCUT2D eigenvalue weighted by Gasteiger charge is 2.21. The van der Waals surface area contributed by atoms with E-state index < -0.39 is 0 Å². The highest BCUT2D eigenvalue weighted by atomic mass is 15.1. The van der Waals surface area contributed by atoms with E-state index in [1.54, 1.807) is 4.90 Å². The van der Waals surface area contributed by atoms with Crippen LogP contribution >= 0.6 is 0 Å². The summed E-state index contributed by atoms with van der Waals surface area (Å²) in [5.74, 6) is 1.91. The smallest absolute Gasteiger partial charge is 0.0795 e. The molecule has 2 atom stereocenters. The Morgan fingerprint density at radius 1 is 1.11 bits per heavy atom. The van der Waals surface area contributed by atoms with Gasteiger partial charge in [-0.05, 0) is 6.42 Å². The van der Waals surface area contributed by atoms with Crippen molar-refractivity contribution in [1.82, 2.24) is 0 Å². The Bertz CT molecular complexity index is 65.5. The summed E-state index contributed by atoms with van der Waals surface area (Å²) < 4.78 is 0. The Balaban J connectivity index is 2.34. The molecular weight excluding hydrogens is 110 g/mol. The fraction of sp³-hybridized carbons (Fsp3) is 1.00. The van der Waals surface area contributed by atoms with E-state index in [0.29, 0.717) is 0 Å². The SMILES string of the molecule is C[C@@H]1C[C@@H](C)C[NH+](C)C1. The molecule has 0 amide bonds. The molecule has 0 aromatic carbocycles. The van der Waals surface area contributed by atoms with Crippen LogP contribution in [0, 0.1) is 11.8 Å². The normalized spacial score (nSPS) is 45.0. The van der Waals surface area contributed by atoms with Gasteiger partial charge in [0.15, 0.2) is 0 Å². The first-order valence-electron chi connectivity index (χ1n) is 3.99. The zero-order valence-electron chi connectivity index (χ0n) is 6.78. The molecular formula is C8H18N+. The second-order valence-electron chi connectivity index (χ2n) is 3.81. The molecule has 1 heterocycles. The van der Waals surface area contributed by atoms with E-state index in [1.165, 1.54) is 19.5 Å². The predicted octanol–water partition coefficient (Wildman–Crippen LogP) is 0.177. The van der Waals surface area contributed by atoms with Gasteiger partial charge in [-0.1, -0.05) is 13.8 Å². The Labute approximate surface area is 58.0 Å². The average molecular weight is 128 g/mol. The van der Waals surface area contributed by atoms with E-state index in [-0.39, 0.29) is 0 Å². The summed E-state index contributed by atoms with van der Waals surface area (Å²) >= 11 is 0. The number of quaternary nitrogens is 1. The first kappa shape index (κ1) is 7.07. The molecule has 9 heavy (non-hydrogen) atoms. The molecule has 0 radical (unpaired) electrons. The Hall–Kier alpha value is -0.0400. The van der Waals surface area contributed by atoms with Crippen molar-refractivity contribution < 1.29 is 4.90 Å². The Morgan fingerprint density at radius 2 is 1.56 bits per heavy atom. The van der Waals surface area contributed by atoms with E-state index >= 15 is 0 Å². The van der Waals surface area contributed by atoms with Crippen LogP contribution in [0.3, 0.4) is 0 Å². The lowest BCUT2D eigenvalue weighted by Crippen LogP contribution is -3.11. The zero-order chi connectivity index (χ0) is 6.85. The fourth-order valence-corrected chi connectivity index (χ4v) is 2.13. The maximum Gasteiger partial charge on any atom is 0.0795 e. The molecule has 0 unspecified atom stereocenters. The molecule has 0 bridgehead atoms. The number of likely N-dealkylation sites (tertiary alicyclic amines) is 1. The van der Waals surface area contributed by atoms with Crippen LogP contribution in [-0.2, 0) is 0 Å².